The van der Waals surface area contributed by atoms with Crippen molar-refractivity contribution in [3.63, 3.8) is 0 Å². The molecule has 1 aliphatic rings. The second-order valence-corrected chi connectivity index (χ2v) is 2.77. The fourth-order valence-electron chi connectivity index (χ4n) is 1.40. The summed E-state index contributed by atoms with van der Waals surface area (Å²) < 4.78 is 0. The van der Waals surface area contributed by atoms with Gasteiger partial charge >= 0.3 is 0 Å². The van der Waals surface area contributed by atoms with E-state index in [9.17, 15) is 0 Å². The van der Waals surface area contributed by atoms with Gasteiger partial charge in [-0.15, -0.1) is 0 Å². The Kier molecular flexibility index (Phi) is 2.45. The normalized spacial score (nSPS) is 35.3. The molecule has 0 bridgehead atoms. The van der Waals surface area contributed by atoms with Crippen LogP contribution in [0.1, 0.15) is 19.3 Å². The zero-order valence-electron chi connectivity index (χ0n) is 5.55. The molecule has 0 spiro atoms. The highest BCUT2D eigenvalue weighted by Gasteiger charge is 2.21. The molecule has 3 heteroatoms. The van der Waals surface area contributed by atoms with Crippen molar-refractivity contribution in [2.75, 3.05) is 6.61 Å². The minimum absolute atomic E-state index is 0.394. The molecule has 0 aromatic carbocycles. The lowest BCUT2D eigenvalue weighted by Crippen LogP contribution is -2.17. The molecule has 0 unspecified atom stereocenters. The molecule has 0 aromatic heterocycles. The molecular formula is C6H14N2O. The van der Waals surface area contributed by atoms with E-state index in [0.29, 0.717) is 18.6 Å². The van der Waals surface area contributed by atoms with Gasteiger partial charge in [0.2, 0.25) is 0 Å². The van der Waals surface area contributed by atoms with E-state index in [1.165, 1.54) is 6.42 Å². The van der Waals surface area contributed by atoms with Crippen LogP contribution in [0.3, 0.4) is 0 Å². The molecule has 0 amide bonds. The van der Waals surface area contributed by atoms with Gasteiger partial charge in [-0.2, -0.15) is 0 Å². The molecule has 0 aromatic rings. The average Bonchev–Trinajstić information content (AvgIpc) is 2.17. The smallest absolute Gasteiger partial charge is 0.0708 e. The van der Waals surface area contributed by atoms with Gasteiger partial charge in [0.25, 0.3) is 0 Å². The summed E-state index contributed by atoms with van der Waals surface area (Å²) in [7, 11) is 0. The number of hydrogen-bond acceptors (Lipinski definition) is 3. The second-order valence-electron chi connectivity index (χ2n) is 2.77. The molecule has 1 rings (SSSR count). The van der Waals surface area contributed by atoms with Crippen molar-refractivity contribution < 1.29 is 4.84 Å². The first-order valence-corrected chi connectivity index (χ1v) is 3.40. The summed E-state index contributed by atoms with van der Waals surface area (Å²) in [4.78, 5) is 4.52. The van der Waals surface area contributed by atoms with Crippen LogP contribution in [0.5, 0.6) is 0 Å². The largest absolute Gasteiger partial charge is 0.328 e. The van der Waals surface area contributed by atoms with Gasteiger partial charge in [-0.3, -0.25) is 0 Å². The molecule has 54 valence electrons. The average molecular weight is 130 g/mol. The molecule has 0 heterocycles. The Morgan fingerprint density at radius 1 is 1.44 bits per heavy atom. The fraction of sp³-hybridized carbons (Fsp3) is 1.00. The Hall–Kier alpha value is -0.120. The van der Waals surface area contributed by atoms with Gasteiger partial charge in [0.05, 0.1) is 6.61 Å². The van der Waals surface area contributed by atoms with Crippen LogP contribution in [0, 0.1) is 5.92 Å². The van der Waals surface area contributed by atoms with E-state index >= 15 is 0 Å². The summed E-state index contributed by atoms with van der Waals surface area (Å²) in [5.41, 5.74) is 5.66. The molecule has 4 N–H and O–H groups in total. The van der Waals surface area contributed by atoms with E-state index in [1.807, 2.05) is 0 Å². The van der Waals surface area contributed by atoms with Crippen LogP contribution in [-0.4, -0.2) is 12.6 Å². The first-order chi connectivity index (χ1) is 4.33. The number of rotatable bonds is 2. The maximum absolute atomic E-state index is 5.66. The summed E-state index contributed by atoms with van der Waals surface area (Å²) >= 11 is 0. The van der Waals surface area contributed by atoms with Crippen molar-refractivity contribution in [2.24, 2.45) is 17.5 Å². The third-order valence-electron chi connectivity index (χ3n) is 1.91. The van der Waals surface area contributed by atoms with Crippen LogP contribution in [0.25, 0.3) is 0 Å². The molecule has 1 fully saturated rings. The lowest BCUT2D eigenvalue weighted by molar-refractivity contribution is 0.103. The van der Waals surface area contributed by atoms with Gasteiger partial charge in [-0.05, 0) is 25.2 Å². The summed E-state index contributed by atoms with van der Waals surface area (Å²) in [6.45, 7) is 0.674. The molecule has 2 atom stereocenters. The minimum atomic E-state index is 0.394. The van der Waals surface area contributed by atoms with Gasteiger partial charge < -0.3 is 10.6 Å². The predicted molar refractivity (Wildman–Crippen MR) is 35.5 cm³/mol. The van der Waals surface area contributed by atoms with Crippen molar-refractivity contribution in [3.05, 3.63) is 0 Å². The highest BCUT2D eigenvalue weighted by molar-refractivity contribution is 4.76. The third-order valence-corrected chi connectivity index (χ3v) is 1.91. The molecule has 0 radical (unpaired) electrons. The van der Waals surface area contributed by atoms with E-state index in [-0.39, 0.29) is 0 Å². The highest BCUT2D eigenvalue weighted by atomic mass is 16.6. The second kappa shape index (κ2) is 3.15. The Balaban J connectivity index is 2.14. The summed E-state index contributed by atoms with van der Waals surface area (Å²) in [5, 5.41) is 0. The Bertz CT molecular complexity index is 85.1. The maximum Gasteiger partial charge on any atom is 0.0708 e. The van der Waals surface area contributed by atoms with Crippen molar-refractivity contribution in [1.82, 2.24) is 0 Å². The van der Waals surface area contributed by atoms with Crippen LogP contribution in [0.4, 0.5) is 0 Å². The van der Waals surface area contributed by atoms with Crippen molar-refractivity contribution in [1.29, 1.82) is 0 Å². The van der Waals surface area contributed by atoms with E-state index in [4.69, 9.17) is 11.6 Å². The van der Waals surface area contributed by atoms with Gasteiger partial charge in [0.15, 0.2) is 0 Å². The fourth-order valence-corrected chi connectivity index (χ4v) is 1.40. The van der Waals surface area contributed by atoms with Gasteiger partial charge in [-0.1, -0.05) is 0 Å². The highest BCUT2D eigenvalue weighted by Crippen LogP contribution is 2.23. The van der Waals surface area contributed by atoms with Gasteiger partial charge in [0.1, 0.15) is 0 Å². The standard InChI is InChI=1S/C6H14N2O/c7-6-2-1-5(3-6)4-9-8/h5-6H,1-4,7-8H2/t5-,6+/m1/s1. The van der Waals surface area contributed by atoms with Gasteiger partial charge in [-0.25, -0.2) is 5.90 Å². The first-order valence-electron chi connectivity index (χ1n) is 3.40. The molecule has 9 heavy (non-hydrogen) atoms. The van der Waals surface area contributed by atoms with Crippen LogP contribution in [-0.2, 0) is 4.84 Å². The molecule has 1 saturated carbocycles. The summed E-state index contributed by atoms with van der Waals surface area (Å²) in [6.07, 6.45) is 3.39. The van der Waals surface area contributed by atoms with Crippen LogP contribution >= 0.6 is 0 Å². The number of nitrogens with two attached hydrogens (primary N) is 2. The predicted octanol–water partition coefficient (Wildman–Crippen LogP) is 0.00410. The summed E-state index contributed by atoms with van der Waals surface area (Å²) in [5.74, 6) is 5.53. The van der Waals surface area contributed by atoms with E-state index < -0.39 is 0 Å². The van der Waals surface area contributed by atoms with Gasteiger partial charge in [0, 0.05) is 6.04 Å². The van der Waals surface area contributed by atoms with E-state index in [2.05, 4.69) is 4.84 Å². The molecule has 3 nitrogen and oxygen atoms in total. The Labute approximate surface area is 55.3 Å². The van der Waals surface area contributed by atoms with Crippen molar-refractivity contribution in [3.8, 4) is 0 Å². The van der Waals surface area contributed by atoms with Crippen LogP contribution in [0.15, 0.2) is 0 Å². The van der Waals surface area contributed by atoms with E-state index in [0.717, 1.165) is 12.8 Å². The SMILES string of the molecule is NOC[C@@H]1CC[C@H](N)C1. The number of hydrogen-bond donors (Lipinski definition) is 2. The lowest BCUT2D eigenvalue weighted by Gasteiger charge is -2.05. The van der Waals surface area contributed by atoms with Crippen LogP contribution in [0.2, 0.25) is 0 Å². The van der Waals surface area contributed by atoms with E-state index in [1.54, 1.807) is 0 Å². The molecule has 0 saturated heterocycles. The van der Waals surface area contributed by atoms with Crippen molar-refractivity contribution >= 4 is 0 Å². The zero-order chi connectivity index (χ0) is 6.69. The quantitative estimate of drug-likeness (QED) is 0.517. The molecular weight excluding hydrogens is 116 g/mol. The maximum atomic E-state index is 5.66. The topological polar surface area (TPSA) is 61.3 Å². The zero-order valence-corrected chi connectivity index (χ0v) is 5.55. The summed E-state index contributed by atoms with van der Waals surface area (Å²) in [6, 6.07) is 0.394. The van der Waals surface area contributed by atoms with Crippen molar-refractivity contribution in [2.45, 2.75) is 25.3 Å². The Morgan fingerprint density at radius 2 is 2.22 bits per heavy atom. The first kappa shape index (κ1) is 6.99. The Morgan fingerprint density at radius 3 is 2.67 bits per heavy atom. The molecule has 1 aliphatic carbocycles. The third kappa shape index (κ3) is 1.93. The lowest BCUT2D eigenvalue weighted by atomic mass is 10.1. The monoisotopic (exact) mass is 130 g/mol. The minimum Gasteiger partial charge on any atom is -0.328 e. The van der Waals surface area contributed by atoms with Crippen LogP contribution < -0.4 is 11.6 Å². The molecule has 0 aliphatic heterocycles.